The van der Waals surface area contributed by atoms with Gasteiger partial charge in [0.1, 0.15) is 0 Å². The maximum atomic E-state index is 12.2. The van der Waals surface area contributed by atoms with E-state index in [0.29, 0.717) is 13.0 Å². The molecular weight excluding hydrogens is 326 g/mol. The molecule has 0 spiro atoms. The van der Waals surface area contributed by atoms with Gasteiger partial charge in [0.2, 0.25) is 5.91 Å². The van der Waals surface area contributed by atoms with E-state index < -0.39 is 5.97 Å². The number of carbonyl (C=O) groups is 2. The van der Waals surface area contributed by atoms with Gasteiger partial charge in [0.25, 0.3) is 0 Å². The molecule has 2 aromatic carbocycles. The molecule has 2 N–H and O–H groups in total. The van der Waals surface area contributed by atoms with E-state index in [2.05, 4.69) is 5.32 Å². The van der Waals surface area contributed by atoms with Crippen LogP contribution in [0, 0.1) is 5.92 Å². The summed E-state index contributed by atoms with van der Waals surface area (Å²) in [4.78, 5) is 23.0. The van der Waals surface area contributed by atoms with E-state index in [4.69, 9.17) is 16.7 Å². The summed E-state index contributed by atoms with van der Waals surface area (Å²) >= 11 is 6.18. The normalized spacial score (nSPS) is 18.9. The Kier molecular flexibility index (Phi) is 4.86. The van der Waals surface area contributed by atoms with Gasteiger partial charge < -0.3 is 10.4 Å². The number of nitrogens with one attached hydrogen (secondary N) is 1. The average Bonchev–Trinajstić information content (AvgIpc) is 3.36. The van der Waals surface area contributed by atoms with Crippen LogP contribution in [-0.4, -0.2) is 23.5 Å². The first-order valence-electron chi connectivity index (χ1n) is 7.90. The molecule has 1 amide bonds. The van der Waals surface area contributed by atoms with Crippen molar-refractivity contribution in [3.63, 3.8) is 0 Å². The molecule has 0 aliphatic heterocycles. The second-order valence-electron chi connectivity index (χ2n) is 6.01. The van der Waals surface area contributed by atoms with Crippen LogP contribution in [0.5, 0.6) is 0 Å². The molecule has 0 heterocycles. The third-order valence-corrected chi connectivity index (χ3v) is 4.69. The lowest BCUT2D eigenvalue weighted by atomic mass is 10.1. The van der Waals surface area contributed by atoms with E-state index >= 15 is 0 Å². The smallest absolute Gasteiger partial charge is 0.335 e. The molecule has 1 aliphatic rings. The number of aromatic carboxylic acids is 1. The van der Waals surface area contributed by atoms with E-state index in [1.165, 1.54) is 0 Å². The van der Waals surface area contributed by atoms with Crippen molar-refractivity contribution in [3.8, 4) is 0 Å². The minimum atomic E-state index is -0.936. The molecule has 0 radical (unpaired) electrons. The molecular formula is C19H18ClNO3. The van der Waals surface area contributed by atoms with Gasteiger partial charge in [-0.1, -0.05) is 41.9 Å². The van der Waals surface area contributed by atoms with E-state index in [9.17, 15) is 9.59 Å². The van der Waals surface area contributed by atoms with Crippen LogP contribution >= 0.6 is 11.6 Å². The number of hydrogen-bond donors (Lipinski definition) is 2. The van der Waals surface area contributed by atoms with Crippen molar-refractivity contribution in [2.45, 2.75) is 18.8 Å². The Morgan fingerprint density at radius 2 is 1.83 bits per heavy atom. The standard InChI is InChI=1S/C19H18ClNO3/c20-17-4-2-1-3-14(17)15-11-16(15)18(22)21-10-9-12-5-7-13(8-6-12)19(23)24/h1-8,15-16H,9-11H2,(H,21,22)(H,23,24). The highest BCUT2D eigenvalue weighted by molar-refractivity contribution is 6.31. The van der Waals surface area contributed by atoms with Gasteiger partial charge in [-0.2, -0.15) is 0 Å². The van der Waals surface area contributed by atoms with Gasteiger partial charge >= 0.3 is 5.97 Å². The summed E-state index contributed by atoms with van der Waals surface area (Å²) in [6.45, 7) is 0.539. The minimum absolute atomic E-state index is 0.000661. The highest BCUT2D eigenvalue weighted by Crippen LogP contribution is 2.49. The Morgan fingerprint density at radius 1 is 1.12 bits per heavy atom. The maximum Gasteiger partial charge on any atom is 0.335 e. The number of hydrogen-bond acceptors (Lipinski definition) is 2. The number of carbonyl (C=O) groups excluding carboxylic acids is 1. The fraction of sp³-hybridized carbons (Fsp3) is 0.263. The zero-order chi connectivity index (χ0) is 17.1. The summed E-state index contributed by atoms with van der Waals surface area (Å²) in [6, 6.07) is 14.4. The molecule has 2 aromatic rings. The van der Waals surface area contributed by atoms with Crippen molar-refractivity contribution in [3.05, 3.63) is 70.2 Å². The topological polar surface area (TPSA) is 66.4 Å². The van der Waals surface area contributed by atoms with E-state index in [0.717, 1.165) is 22.6 Å². The van der Waals surface area contributed by atoms with Crippen molar-refractivity contribution in [1.82, 2.24) is 5.32 Å². The van der Waals surface area contributed by atoms with E-state index in [1.807, 2.05) is 24.3 Å². The third-order valence-electron chi connectivity index (χ3n) is 4.35. The van der Waals surface area contributed by atoms with Crippen LogP contribution in [0.4, 0.5) is 0 Å². The monoisotopic (exact) mass is 343 g/mol. The number of carboxylic acids is 1. The summed E-state index contributed by atoms with van der Waals surface area (Å²) in [7, 11) is 0. The summed E-state index contributed by atoms with van der Waals surface area (Å²) < 4.78 is 0. The van der Waals surface area contributed by atoms with Gasteiger partial charge in [0.15, 0.2) is 0 Å². The number of halogens is 1. The first-order valence-corrected chi connectivity index (χ1v) is 8.28. The highest BCUT2D eigenvalue weighted by atomic mass is 35.5. The maximum absolute atomic E-state index is 12.2. The van der Waals surface area contributed by atoms with Crippen LogP contribution in [0.25, 0.3) is 0 Å². The first kappa shape index (κ1) is 16.5. The SMILES string of the molecule is O=C(O)c1ccc(CCNC(=O)C2CC2c2ccccc2Cl)cc1. The first-order chi connectivity index (χ1) is 11.6. The van der Waals surface area contributed by atoms with Gasteiger partial charge in [-0.15, -0.1) is 0 Å². The average molecular weight is 344 g/mol. The molecule has 2 atom stereocenters. The lowest BCUT2D eigenvalue weighted by molar-refractivity contribution is -0.122. The Hall–Kier alpha value is -2.33. The molecule has 24 heavy (non-hydrogen) atoms. The van der Waals surface area contributed by atoms with Crippen molar-refractivity contribution in [1.29, 1.82) is 0 Å². The van der Waals surface area contributed by atoms with Crippen molar-refractivity contribution < 1.29 is 14.7 Å². The molecule has 2 unspecified atom stereocenters. The summed E-state index contributed by atoms with van der Waals surface area (Å²) in [5, 5.41) is 12.5. The van der Waals surface area contributed by atoms with E-state index in [1.54, 1.807) is 24.3 Å². The Morgan fingerprint density at radius 3 is 2.50 bits per heavy atom. The van der Waals surface area contributed by atoms with Crippen molar-refractivity contribution >= 4 is 23.5 Å². The van der Waals surface area contributed by atoms with Crippen LogP contribution in [0.15, 0.2) is 48.5 Å². The molecule has 5 heteroatoms. The molecule has 4 nitrogen and oxygen atoms in total. The zero-order valence-electron chi connectivity index (χ0n) is 13.0. The second-order valence-corrected chi connectivity index (χ2v) is 6.42. The fourth-order valence-electron chi connectivity index (χ4n) is 2.88. The van der Waals surface area contributed by atoms with Crippen LogP contribution < -0.4 is 5.32 Å². The molecule has 1 fully saturated rings. The largest absolute Gasteiger partial charge is 0.478 e. The molecule has 3 rings (SSSR count). The van der Waals surface area contributed by atoms with Crippen molar-refractivity contribution in [2.75, 3.05) is 6.54 Å². The van der Waals surface area contributed by atoms with E-state index in [-0.39, 0.29) is 23.3 Å². The molecule has 124 valence electrons. The highest BCUT2D eigenvalue weighted by Gasteiger charge is 2.44. The number of rotatable bonds is 6. The number of carboxylic acid groups (broad SMARTS) is 1. The number of amides is 1. The molecule has 0 aromatic heterocycles. The predicted octanol–water partition coefficient (Wildman–Crippen LogP) is 3.50. The zero-order valence-corrected chi connectivity index (χ0v) is 13.8. The van der Waals surface area contributed by atoms with Gasteiger partial charge in [-0.25, -0.2) is 4.79 Å². The summed E-state index contributed by atoms with van der Waals surface area (Å²) in [6.07, 6.45) is 1.51. The fourth-order valence-corrected chi connectivity index (χ4v) is 3.16. The lowest BCUT2D eigenvalue weighted by Gasteiger charge is -2.06. The minimum Gasteiger partial charge on any atom is -0.478 e. The van der Waals surface area contributed by atoms with Gasteiger partial charge in [0, 0.05) is 17.5 Å². The second kappa shape index (κ2) is 7.05. The molecule has 1 saturated carbocycles. The molecule has 0 saturated heterocycles. The Balaban J connectivity index is 1.47. The van der Waals surface area contributed by atoms with Crippen LogP contribution in [0.3, 0.4) is 0 Å². The van der Waals surface area contributed by atoms with Crippen LogP contribution in [-0.2, 0) is 11.2 Å². The van der Waals surface area contributed by atoms with Gasteiger partial charge in [0.05, 0.1) is 5.56 Å². The van der Waals surface area contributed by atoms with Gasteiger partial charge in [-0.05, 0) is 48.1 Å². The quantitative estimate of drug-likeness (QED) is 0.843. The summed E-state index contributed by atoms with van der Waals surface area (Å²) in [5.41, 5.74) is 2.31. The lowest BCUT2D eigenvalue weighted by Crippen LogP contribution is -2.27. The third kappa shape index (κ3) is 3.77. The molecule has 0 bridgehead atoms. The number of benzene rings is 2. The molecule has 1 aliphatic carbocycles. The van der Waals surface area contributed by atoms with Crippen LogP contribution in [0.1, 0.15) is 33.8 Å². The Labute approximate surface area is 145 Å². The van der Waals surface area contributed by atoms with Crippen molar-refractivity contribution in [2.24, 2.45) is 5.92 Å². The van der Waals surface area contributed by atoms with Gasteiger partial charge in [-0.3, -0.25) is 4.79 Å². The summed E-state index contributed by atoms with van der Waals surface area (Å²) in [5.74, 6) is -0.663. The Bertz CT molecular complexity index is 757. The van der Waals surface area contributed by atoms with Crippen LogP contribution in [0.2, 0.25) is 5.02 Å². The predicted molar refractivity (Wildman–Crippen MR) is 92.4 cm³/mol.